The van der Waals surface area contributed by atoms with E-state index in [9.17, 15) is 13.2 Å². The Hall–Kier alpha value is -0.620. The highest BCUT2D eigenvalue weighted by molar-refractivity contribution is 7.93. The van der Waals surface area contributed by atoms with Crippen LogP contribution in [0.15, 0.2) is 0 Å². The summed E-state index contributed by atoms with van der Waals surface area (Å²) in [7, 11) is -3.42. The molecule has 17 heavy (non-hydrogen) atoms. The molecule has 1 aliphatic rings. The fraction of sp³-hybridized carbons (Fsp3) is 0.909. The lowest BCUT2D eigenvalue weighted by atomic mass is 10.0. The molecule has 1 amide bonds. The van der Waals surface area contributed by atoms with Crippen molar-refractivity contribution < 1.29 is 17.9 Å². The van der Waals surface area contributed by atoms with Gasteiger partial charge in [-0.25, -0.2) is 8.42 Å². The molecule has 1 unspecified atom stereocenters. The van der Waals surface area contributed by atoms with E-state index in [1.54, 1.807) is 20.8 Å². The molecule has 0 bridgehead atoms. The van der Waals surface area contributed by atoms with Crippen molar-refractivity contribution in [3.63, 3.8) is 0 Å². The summed E-state index contributed by atoms with van der Waals surface area (Å²) >= 11 is 0. The zero-order valence-electron chi connectivity index (χ0n) is 10.9. The average Bonchev–Trinajstić information content (AvgIpc) is 2.47. The van der Waals surface area contributed by atoms with Crippen LogP contribution in [-0.4, -0.2) is 43.6 Å². The average molecular weight is 263 g/mol. The Bertz CT molecular complexity index is 388. The number of nitrogens with one attached hydrogen (secondary N) is 1. The van der Waals surface area contributed by atoms with E-state index < -0.39 is 31.8 Å². The first-order valence-corrected chi connectivity index (χ1v) is 7.32. The van der Waals surface area contributed by atoms with Crippen LogP contribution in [0, 0.1) is 0 Å². The van der Waals surface area contributed by atoms with Gasteiger partial charge >= 0.3 is 0 Å². The van der Waals surface area contributed by atoms with Gasteiger partial charge < -0.3 is 10.1 Å². The molecule has 100 valence electrons. The van der Waals surface area contributed by atoms with Crippen LogP contribution in [-0.2, 0) is 19.4 Å². The molecule has 1 fully saturated rings. The van der Waals surface area contributed by atoms with Crippen molar-refractivity contribution in [3.05, 3.63) is 0 Å². The molecule has 0 aromatic heterocycles. The molecule has 5 nitrogen and oxygen atoms in total. The molecule has 0 aliphatic carbocycles. The molecule has 0 spiro atoms. The van der Waals surface area contributed by atoms with Crippen LogP contribution in [0.25, 0.3) is 0 Å². The number of ether oxygens (including phenoxy) is 1. The number of sulfone groups is 1. The fourth-order valence-corrected chi connectivity index (χ4v) is 2.38. The summed E-state index contributed by atoms with van der Waals surface area (Å²) in [4.78, 5) is 11.7. The van der Waals surface area contributed by atoms with Gasteiger partial charge in [-0.05, 0) is 34.1 Å². The molecular formula is C11H21NO4S. The molecule has 0 aromatic carbocycles. The van der Waals surface area contributed by atoms with Gasteiger partial charge in [0.1, 0.15) is 5.75 Å². The van der Waals surface area contributed by atoms with E-state index in [4.69, 9.17) is 4.74 Å². The molecule has 1 saturated heterocycles. The molecule has 1 N–H and O–H groups in total. The van der Waals surface area contributed by atoms with E-state index in [2.05, 4.69) is 5.32 Å². The highest BCUT2D eigenvalue weighted by atomic mass is 32.2. The zero-order valence-corrected chi connectivity index (χ0v) is 11.7. The van der Waals surface area contributed by atoms with E-state index in [1.807, 2.05) is 6.92 Å². The minimum atomic E-state index is -3.42. The van der Waals surface area contributed by atoms with E-state index in [0.29, 0.717) is 19.6 Å². The predicted octanol–water partition coefficient (Wildman–Crippen LogP) is 0.495. The summed E-state index contributed by atoms with van der Waals surface area (Å²) in [5.74, 6) is -0.917. The summed E-state index contributed by atoms with van der Waals surface area (Å²) in [6.07, 6.45) is 0.717. The van der Waals surface area contributed by atoms with E-state index >= 15 is 0 Å². The summed E-state index contributed by atoms with van der Waals surface area (Å²) in [5, 5.41) is 2.74. The van der Waals surface area contributed by atoms with Crippen molar-refractivity contribution >= 4 is 15.7 Å². The summed E-state index contributed by atoms with van der Waals surface area (Å²) in [6.45, 7) is 7.68. The third kappa shape index (κ3) is 3.67. The number of rotatable bonds is 3. The van der Waals surface area contributed by atoms with Crippen LogP contribution in [0.4, 0.5) is 0 Å². The third-order valence-corrected chi connectivity index (χ3v) is 5.42. The van der Waals surface area contributed by atoms with Crippen molar-refractivity contribution in [2.24, 2.45) is 0 Å². The molecule has 1 aliphatic heterocycles. The second-order valence-corrected chi connectivity index (χ2v) is 8.53. The Morgan fingerprint density at radius 1 is 1.41 bits per heavy atom. The Balaban J connectivity index is 2.62. The normalized spacial score (nSPS) is 25.9. The lowest BCUT2D eigenvalue weighted by molar-refractivity contribution is -0.120. The van der Waals surface area contributed by atoms with Gasteiger partial charge in [0.25, 0.3) is 0 Å². The van der Waals surface area contributed by atoms with Crippen LogP contribution < -0.4 is 5.32 Å². The maximum atomic E-state index is 11.8. The third-order valence-electron chi connectivity index (χ3n) is 2.91. The molecular weight excluding hydrogens is 242 g/mol. The van der Waals surface area contributed by atoms with Gasteiger partial charge in [0, 0.05) is 6.61 Å². The number of hydrogen-bond donors (Lipinski definition) is 1. The van der Waals surface area contributed by atoms with Crippen molar-refractivity contribution in [2.45, 2.75) is 44.4 Å². The molecule has 1 rings (SSSR count). The Morgan fingerprint density at radius 3 is 2.41 bits per heavy atom. The first-order chi connectivity index (χ1) is 7.56. The molecule has 1 heterocycles. The summed E-state index contributed by atoms with van der Waals surface area (Å²) in [6, 6.07) is 0. The number of carbonyl (C=O) groups is 1. The zero-order chi connectivity index (χ0) is 13.3. The lowest BCUT2D eigenvalue weighted by Crippen LogP contribution is -2.49. The first-order valence-electron chi connectivity index (χ1n) is 5.67. The van der Waals surface area contributed by atoms with Gasteiger partial charge in [-0.2, -0.15) is 0 Å². The highest BCUT2D eigenvalue weighted by Crippen LogP contribution is 2.19. The second-order valence-electron chi connectivity index (χ2n) is 5.78. The standard InChI is InChI=1S/C11H21NO4S/c1-10(2,3)17(14,15)7-9(13)12-11(4)5-6-16-8-11/h5-8H2,1-4H3,(H,12,13). The monoisotopic (exact) mass is 263 g/mol. The van der Waals surface area contributed by atoms with Crippen molar-refractivity contribution in [1.29, 1.82) is 0 Å². The SMILES string of the molecule is CC1(NC(=O)CS(=O)(=O)C(C)(C)C)CCOC1. The first kappa shape index (κ1) is 14.4. The van der Waals surface area contributed by atoms with Crippen molar-refractivity contribution in [1.82, 2.24) is 5.32 Å². The highest BCUT2D eigenvalue weighted by Gasteiger charge is 2.35. The van der Waals surface area contributed by atoms with Crippen molar-refractivity contribution in [3.8, 4) is 0 Å². The maximum Gasteiger partial charge on any atom is 0.235 e. The lowest BCUT2D eigenvalue weighted by Gasteiger charge is -2.25. The smallest absolute Gasteiger partial charge is 0.235 e. The maximum absolute atomic E-state index is 11.8. The minimum absolute atomic E-state index is 0.426. The van der Waals surface area contributed by atoms with Gasteiger partial charge in [-0.1, -0.05) is 0 Å². The van der Waals surface area contributed by atoms with Crippen LogP contribution in [0.1, 0.15) is 34.1 Å². The van der Waals surface area contributed by atoms with Gasteiger partial charge in [0.15, 0.2) is 9.84 Å². The van der Waals surface area contributed by atoms with Gasteiger partial charge in [-0.15, -0.1) is 0 Å². The van der Waals surface area contributed by atoms with Gasteiger partial charge in [0.05, 0.1) is 16.9 Å². The quantitative estimate of drug-likeness (QED) is 0.804. The van der Waals surface area contributed by atoms with Crippen LogP contribution in [0.3, 0.4) is 0 Å². The van der Waals surface area contributed by atoms with E-state index in [-0.39, 0.29) is 0 Å². The van der Waals surface area contributed by atoms with Gasteiger partial charge in [0.2, 0.25) is 5.91 Å². The molecule has 0 radical (unpaired) electrons. The topological polar surface area (TPSA) is 72.5 Å². The van der Waals surface area contributed by atoms with Crippen LogP contribution in [0.2, 0.25) is 0 Å². The predicted molar refractivity (Wildman–Crippen MR) is 65.5 cm³/mol. The number of carbonyl (C=O) groups excluding carboxylic acids is 1. The Kier molecular flexibility index (Phi) is 3.88. The number of amides is 1. The Labute approximate surface area is 103 Å². The minimum Gasteiger partial charge on any atom is -0.379 e. The van der Waals surface area contributed by atoms with Gasteiger partial charge in [-0.3, -0.25) is 4.79 Å². The molecule has 0 saturated carbocycles. The van der Waals surface area contributed by atoms with Crippen molar-refractivity contribution in [2.75, 3.05) is 19.0 Å². The van der Waals surface area contributed by atoms with Crippen LogP contribution >= 0.6 is 0 Å². The Morgan fingerprint density at radius 2 is 2.00 bits per heavy atom. The summed E-state index contributed by atoms with van der Waals surface area (Å²) in [5.41, 5.74) is -0.426. The molecule has 0 aromatic rings. The van der Waals surface area contributed by atoms with E-state index in [0.717, 1.165) is 0 Å². The van der Waals surface area contributed by atoms with E-state index in [1.165, 1.54) is 0 Å². The molecule has 6 heteroatoms. The van der Waals surface area contributed by atoms with Crippen LogP contribution in [0.5, 0.6) is 0 Å². The largest absolute Gasteiger partial charge is 0.379 e. The second kappa shape index (κ2) is 4.57. The summed E-state index contributed by atoms with van der Waals surface area (Å²) < 4.78 is 28.0. The molecule has 1 atom stereocenters. The number of hydrogen-bond acceptors (Lipinski definition) is 4. The fourth-order valence-electron chi connectivity index (χ4n) is 1.53.